The van der Waals surface area contributed by atoms with Crippen LogP contribution in [0.15, 0.2) is 41.1 Å². The highest BCUT2D eigenvalue weighted by Crippen LogP contribution is 2.36. The van der Waals surface area contributed by atoms with E-state index in [0.29, 0.717) is 28.8 Å². The lowest BCUT2D eigenvalue weighted by Crippen LogP contribution is -2.43. The number of ether oxygens (including phenoxy) is 2. The molecule has 30 heavy (non-hydrogen) atoms. The predicted molar refractivity (Wildman–Crippen MR) is 115 cm³/mol. The van der Waals surface area contributed by atoms with Crippen LogP contribution in [0.2, 0.25) is 0 Å². The van der Waals surface area contributed by atoms with Crippen molar-refractivity contribution >= 4 is 39.6 Å². The average Bonchev–Trinajstić information content (AvgIpc) is 3.54. The van der Waals surface area contributed by atoms with Gasteiger partial charge in [-0.1, -0.05) is 6.07 Å². The van der Waals surface area contributed by atoms with Crippen LogP contribution in [-0.2, 0) is 4.79 Å². The summed E-state index contributed by atoms with van der Waals surface area (Å²) < 4.78 is 10.8. The van der Waals surface area contributed by atoms with Gasteiger partial charge in [0.15, 0.2) is 16.6 Å². The van der Waals surface area contributed by atoms with Gasteiger partial charge in [-0.25, -0.2) is 4.98 Å². The minimum Gasteiger partial charge on any atom is -0.454 e. The van der Waals surface area contributed by atoms with Crippen molar-refractivity contribution in [3.8, 4) is 22.8 Å². The summed E-state index contributed by atoms with van der Waals surface area (Å²) in [5.74, 6) is 1.10. The number of hydrogen-bond acceptors (Lipinski definition) is 7. The molecule has 1 aromatic carbocycles. The zero-order valence-electron chi connectivity index (χ0n) is 16.0. The number of fused-ring (bicyclic) bond motifs is 1. The van der Waals surface area contributed by atoms with Gasteiger partial charge in [-0.2, -0.15) is 0 Å². The second-order valence-electron chi connectivity index (χ2n) is 7.16. The Hall–Kier alpha value is -2.91. The number of thiophene rings is 1. The molecule has 0 aliphatic carbocycles. The topological polar surface area (TPSA) is 80.8 Å². The van der Waals surface area contributed by atoms with Crippen LogP contribution >= 0.6 is 22.7 Å². The minimum absolute atomic E-state index is 0.00171. The summed E-state index contributed by atoms with van der Waals surface area (Å²) in [6.07, 6.45) is 1.58. The van der Waals surface area contributed by atoms with Crippen molar-refractivity contribution in [1.29, 1.82) is 0 Å². The number of piperidine rings is 1. The molecule has 1 fully saturated rings. The molecule has 4 heterocycles. The highest BCUT2D eigenvalue weighted by atomic mass is 32.1. The lowest BCUT2D eigenvalue weighted by atomic mass is 9.97. The van der Waals surface area contributed by atoms with Crippen molar-refractivity contribution in [3.63, 3.8) is 0 Å². The Kier molecular flexibility index (Phi) is 5.14. The van der Waals surface area contributed by atoms with E-state index in [0.717, 1.165) is 29.8 Å². The van der Waals surface area contributed by atoms with Crippen molar-refractivity contribution in [2.24, 2.45) is 5.92 Å². The van der Waals surface area contributed by atoms with E-state index in [9.17, 15) is 9.59 Å². The van der Waals surface area contributed by atoms with E-state index < -0.39 is 0 Å². The first-order valence-corrected chi connectivity index (χ1v) is 11.4. The van der Waals surface area contributed by atoms with Gasteiger partial charge in [0.25, 0.3) is 5.91 Å². The van der Waals surface area contributed by atoms with Crippen molar-refractivity contribution in [2.45, 2.75) is 12.8 Å². The molecule has 7 nitrogen and oxygen atoms in total. The molecule has 0 spiro atoms. The van der Waals surface area contributed by atoms with Crippen LogP contribution in [0.1, 0.15) is 22.5 Å². The minimum atomic E-state index is -0.236. The molecule has 9 heteroatoms. The van der Waals surface area contributed by atoms with E-state index in [2.05, 4.69) is 10.3 Å². The Bertz CT molecular complexity index is 1080. The predicted octanol–water partition coefficient (Wildman–Crippen LogP) is 4.09. The fourth-order valence-corrected chi connectivity index (χ4v) is 5.07. The van der Waals surface area contributed by atoms with Crippen molar-refractivity contribution in [2.75, 3.05) is 25.2 Å². The lowest BCUT2D eigenvalue weighted by molar-refractivity contribution is -0.121. The highest BCUT2D eigenvalue weighted by molar-refractivity contribution is 7.14. The zero-order chi connectivity index (χ0) is 20.5. The number of nitrogens with one attached hydrogen (secondary N) is 1. The Morgan fingerprint density at radius 1 is 1.17 bits per heavy atom. The maximum atomic E-state index is 12.8. The molecule has 1 saturated heterocycles. The van der Waals surface area contributed by atoms with Gasteiger partial charge in [-0.15, -0.1) is 22.7 Å². The molecule has 5 rings (SSSR count). The number of nitrogens with zero attached hydrogens (tertiary/aromatic N) is 2. The Morgan fingerprint density at radius 3 is 2.93 bits per heavy atom. The largest absolute Gasteiger partial charge is 0.454 e. The first-order valence-electron chi connectivity index (χ1n) is 9.66. The monoisotopic (exact) mass is 441 g/mol. The normalized spacial score (nSPS) is 17.7. The fraction of sp³-hybridized carbons (Fsp3) is 0.286. The summed E-state index contributed by atoms with van der Waals surface area (Å²) in [7, 11) is 0. The molecular weight excluding hydrogens is 422 g/mol. The molecular formula is C21H19N3O4S2. The number of carbonyl (C=O) groups is 2. The van der Waals surface area contributed by atoms with Gasteiger partial charge < -0.3 is 19.7 Å². The number of hydrogen-bond donors (Lipinski definition) is 1. The number of amides is 2. The molecule has 2 aromatic heterocycles. The van der Waals surface area contributed by atoms with E-state index in [1.807, 2.05) is 41.1 Å². The zero-order valence-corrected chi connectivity index (χ0v) is 17.6. The van der Waals surface area contributed by atoms with Gasteiger partial charge in [-0.3, -0.25) is 9.59 Å². The van der Waals surface area contributed by atoms with Gasteiger partial charge in [-0.05, 0) is 42.5 Å². The first-order chi connectivity index (χ1) is 14.7. The van der Waals surface area contributed by atoms with Gasteiger partial charge >= 0.3 is 0 Å². The third kappa shape index (κ3) is 3.78. The SMILES string of the molecule is O=C(Nc1nc(-c2ccc3c(c2)OCO3)cs1)C1CCCN(C(=O)c2cccs2)C1. The Labute approximate surface area is 181 Å². The molecule has 1 unspecified atom stereocenters. The molecule has 2 amide bonds. The average molecular weight is 442 g/mol. The van der Waals surface area contributed by atoms with Crippen LogP contribution in [0.5, 0.6) is 11.5 Å². The number of benzene rings is 1. The van der Waals surface area contributed by atoms with Crippen LogP contribution in [-0.4, -0.2) is 41.6 Å². The van der Waals surface area contributed by atoms with E-state index in [4.69, 9.17) is 9.47 Å². The van der Waals surface area contributed by atoms with Crippen molar-refractivity contribution in [1.82, 2.24) is 9.88 Å². The van der Waals surface area contributed by atoms with E-state index in [-0.39, 0.29) is 24.5 Å². The van der Waals surface area contributed by atoms with Crippen LogP contribution in [0, 0.1) is 5.92 Å². The van der Waals surface area contributed by atoms with E-state index >= 15 is 0 Å². The third-order valence-corrected chi connectivity index (χ3v) is 6.83. The summed E-state index contributed by atoms with van der Waals surface area (Å²) in [6, 6.07) is 9.36. The quantitative estimate of drug-likeness (QED) is 0.660. The van der Waals surface area contributed by atoms with Crippen LogP contribution in [0.3, 0.4) is 0 Å². The number of likely N-dealkylation sites (tertiary alicyclic amines) is 1. The standard InChI is InChI=1S/C21H19N3O4S2/c25-19(14-3-1-7-24(10-14)20(26)18-4-2-8-29-18)23-21-22-15(11-30-21)13-5-6-16-17(9-13)28-12-27-16/h2,4-6,8-9,11,14H,1,3,7,10,12H2,(H,22,23,25). The summed E-state index contributed by atoms with van der Waals surface area (Å²) in [5, 5.41) is 7.27. The maximum absolute atomic E-state index is 12.8. The second-order valence-corrected chi connectivity index (χ2v) is 8.97. The summed E-state index contributed by atoms with van der Waals surface area (Å²) in [6.45, 7) is 1.35. The Morgan fingerprint density at radius 2 is 2.07 bits per heavy atom. The van der Waals surface area contributed by atoms with Gasteiger partial charge in [0.05, 0.1) is 16.5 Å². The summed E-state index contributed by atoms with van der Waals surface area (Å²) in [5.41, 5.74) is 1.67. The van der Waals surface area contributed by atoms with Gasteiger partial charge in [0, 0.05) is 24.0 Å². The number of aromatic nitrogens is 1. The molecule has 2 aliphatic heterocycles. The smallest absolute Gasteiger partial charge is 0.263 e. The second kappa shape index (κ2) is 8.08. The van der Waals surface area contributed by atoms with Crippen LogP contribution < -0.4 is 14.8 Å². The van der Waals surface area contributed by atoms with Crippen molar-refractivity contribution in [3.05, 3.63) is 46.0 Å². The molecule has 2 aliphatic rings. The number of anilines is 1. The summed E-state index contributed by atoms with van der Waals surface area (Å²) in [4.78, 5) is 32.4. The number of rotatable bonds is 4. The molecule has 0 radical (unpaired) electrons. The molecule has 1 atom stereocenters. The highest BCUT2D eigenvalue weighted by Gasteiger charge is 2.29. The van der Waals surface area contributed by atoms with Gasteiger partial charge in [0.1, 0.15) is 0 Å². The number of thiazole rings is 1. The third-order valence-electron chi connectivity index (χ3n) is 5.21. The van der Waals surface area contributed by atoms with Crippen molar-refractivity contribution < 1.29 is 19.1 Å². The Balaban J connectivity index is 1.24. The summed E-state index contributed by atoms with van der Waals surface area (Å²) >= 11 is 2.81. The molecule has 3 aromatic rings. The molecule has 1 N–H and O–H groups in total. The molecule has 0 saturated carbocycles. The lowest BCUT2D eigenvalue weighted by Gasteiger charge is -2.31. The maximum Gasteiger partial charge on any atom is 0.263 e. The fourth-order valence-electron chi connectivity index (χ4n) is 3.66. The van der Waals surface area contributed by atoms with Gasteiger partial charge in [0.2, 0.25) is 12.7 Å². The molecule has 154 valence electrons. The number of carbonyl (C=O) groups excluding carboxylic acids is 2. The van der Waals surface area contributed by atoms with Crippen LogP contribution in [0.4, 0.5) is 5.13 Å². The molecule has 0 bridgehead atoms. The first kappa shape index (κ1) is 19.1. The van der Waals surface area contributed by atoms with E-state index in [1.165, 1.54) is 22.7 Å². The van der Waals surface area contributed by atoms with E-state index in [1.54, 1.807) is 4.90 Å². The van der Waals surface area contributed by atoms with Crippen LogP contribution in [0.25, 0.3) is 11.3 Å².